The van der Waals surface area contributed by atoms with Crippen LogP contribution in [0.15, 0.2) is 24.3 Å². The molecule has 0 aliphatic rings. The summed E-state index contributed by atoms with van der Waals surface area (Å²) in [5.41, 5.74) is 0.370. The van der Waals surface area contributed by atoms with Crippen LogP contribution in [-0.4, -0.2) is 23.3 Å². The zero-order chi connectivity index (χ0) is 13.6. The second-order valence-corrected chi connectivity index (χ2v) is 4.99. The minimum atomic E-state index is -0.458. The fraction of sp³-hybridized carbons (Fsp3) is 0.500. The fourth-order valence-corrected chi connectivity index (χ4v) is 1.34. The zero-order valence-corrected chi connectivity index (χ0v) is 11.1. The first kappa shape index (κ1) is 14.5. The smallest absolute Gasteiger partial charge is 0.309 e. The first-order valence-corrected chi connectivity index (χ1v) is 5.95. The van der Waals surface area contributed by atoms with Crippen molar-refractivity contribution in [3.05, 3.63) is 29.8 Å². The highest BCUT2D eigenvalue weighted by molar-refractivity contribution is 5.69. The SMILES string of the molecule is CC(C)(C)OC(=O)CCOc1ccc(CO)cc1. The van der Waals surface area contributed by atoms with Gasteiger partial charge < -0.3 is 14.6 Å². The molecule has 0 radical (unpaired) electrons. The standard InChI is InChI=1S/C14H20O4/c1-14(2,3)18-13(16)8-9-17-12-6-4-11(10-15)5-7-12/h4-7,15H,8-10H2,1-3H3. The summed E-state index contributed by atoms with van der Waals surface area (Å²) in [6, 6.07) is 7.09. The maximum Gasteiger partial charge on any atom is 0.309 e. The van der Waals surface area contributed by atoms with Crippen LogP contribution in [0.3, 0.4) is 0 Å². The van der Waals surface area contributed by atoms with Gasteiger partial charge >= 0.3 is 5.97 Å². The van der Waals surface area contributed by atoms with Crippen LogP contribution in [0.1, 0.15) is 32.8 Å². The molecule has 0 spiro atoms. The van der Waals surface area contributed by atoms with Gasteiger partial charge in [-0.3, -0.25) is 4.79 Å². The molecular formula is C14H20O4. The number of rotatable bonds is 5. The predicted octanol–water partition coefficient (Wildman–Crippen LogP) is 2.29. The number of benzene rings is 1. The van der Waals surface area contributed by atoms with E-state index in [4.69, 9.17) is 14.6 Å². The summed E-state index contributed by atoms with van der Waals surface area (Å²) < 4.78 is 10.6. The average molecular weight is 252 g/mol. The molecule has 0 heterocycles. The van der Waals surface area contributed by atoms with Crippen molar-refractivity contribution >= 4 is 5.97 Å². The molecule has 0 amide bonds. The van der Waals surface area contributed by atoms with Crippen LogP contribution in [-0.2, 0) is 16.1 Å². The number of esters is 1. The minimum Gasteiger partial charge on any atom is -0.493 e. The van der Waals surface area contributed by atoms with E-state index < -0.39 is 5.60 Å². The van der Waals surface area contributed by atoms with Crippen molar-refractivity contribution in [1.29, 1.82) is 0 Å². The van der Waals surface area contributed by atoms with Gasteiger partial charge in [-0.1, -0.05) is 12.1 Å². The molecule has 0 aliphatic heterocycles. The van der Waals surface area contributed by atoms with Crippen LogP contribution in [0.2, 0.25) is 0 Å². The number of hydrogen-bond acceptors (Lipinski definition) is 4. The highest BCUT2D eigenvalue weighted by atomic mass is 16.6. The molecule has 0 saturated heterocycles. The molecule has 0 bridgehead atoms. The van der Waals surface area contributed by atoms with Gasteiger partial charge in [-0.25, -0.2) is 0 Å². The Labute approximate surface area is 108 Å². The van der Waals surface area contributed by atoms with Crippen LogP contribution in [0.25, 0.3) is 0 Å². The van der Waals surface area contributed by atoms with Gasteiger partial charge in [0.05, 0.1) is 19.6 Å². The van der Waals surface area contributed by atoms with Gasteiger partial charge in [-0.05, 0) is 38.5 Å². The molecule has 0 atom stereocenters. The molecule has 0 fully saturated rings. The Kier molecular flexibility index (Phi) is 5.16. The Morgan fingerprint density at radius 3 is 2.33 bits per heavy atom. The van der Waals surface area contributed by atoms with Gasteiger partial charge in [0.1, 0.15) is 11.4 Å². The average Bonchev–Trinajstić information content (AvgIpc) is 2.27. The molecule has 1 aromatic rings. The van der Waals surface area contributed by atoms with E-state index >= 15 is 0 Å². The summed E-state index contributed by atoms with van der Waals surface area (Å²) >= 11 is 0. The van der Waals surface area contributed by atoms with E-state index in [2.05, 4.69) is 0 Å². The largest absolute Gasteiger partial charge is 0.493 e. The molecule has 0 unspecified atom stereocenters. The van der Waals surface area contributed by atoms with Gasteiger partial charge in [0.15, 0.2) is 0 Å². The van der Waals surface area contributed by atoms with Crippen molar-refractivity contribution in [3.8, 4) is 5.75 Å². The Morgan fingerprint density at radius 2 is 1.83 bits per heavy atom. The Morgan fingerprint density at radius 1 is 1.22 bits per heavy atom. The summed E-state index contributed by atoms with van der Waals surface area (Å²) in [4.78, 5) is 11.4. The van der Waals surface area contributed by atoms with E-state index in [1.165, 1.54) is 0 Å². The molecule has 1 aromatic carbocycles. The predicted molar refractivity (Wildman–Crippen MR) is 68.3 cm³/mol. The first-order chi connectivity index (χ1) is 8.40. The van der Waals surface area contributed by atoms with E-state index in [-0.39, 0.29) is 25.6 Å². The van der Waals surface area contributed by atoms with Crippen LogP contribution in [0.4, 0.5) is 0 Å². The normalized spacial score (nSPS) is 11.1. The third-order valence-electron chi connectivity index (χ3n) is 2.10. The van der Waals surface area contributed by atoms with Crippen LogP contribution >= 0.6 is 0 Å². The second kappa shape index (κ2) is 6.40. The van der Waals surface area contributed by atoms with E-state index in [1.807, 2.05) is 20.8 Å². The summed E-state index contributed by atoms with van der Waals surface area (Å²) in [6.45, 7) is 5.80. The quantitative estimate of drug-likeness (QED) is 0.817. The Balaban J connectivity index is 2.30. The van der Waals surface area contributed by atoms with Crippen molar-refractivity contribution < 1.29 is 19.4 Å². The third-order valence-corrected chi connectivity index (χ3v) is 2.10. The maximum atomic E-state index is 11.4. The molecule has 0 aliphatic carbocycles. The maximum absolute atomic E-state index is 11.4. The molecule has 0 aromatic heterocycles. The van der Waals surface area contributed by atoms with Gasteiger partial charge in [-0.2, -0.15) is 0 Å². The number of carbonyl (C=O) groups is 1. The lowest BCUT2D eigenvalue weighted by Gasteiger charge is -2.19. The molecule has 4 heteroatoms. The van der Waals surface area contributed by atoms with E-state index in [9.17, 15) is 4.79 Å². The molecule has 1 rings (SSSR count). The lowest BCUT2D eigenvalue weighted by molar-refractivity contribution is -0.155. The van der Waals surface area contributed by atoms with E-state index in [1.54, 1.807) is 24.3 Å². The molecule has 100 valence electrons. The van der Waals surface area contributed by atoms with E-state index in [0.717, 1.165) is 5.56 Å². The summed E-state index contributed by atoms with van der Waals surface area (Å²) in [6.07, 6.45) is 0.221. The monoisotopic (exact) mass is 252 g/mol. The number of carbonyl (C=O) groups excluding carboxylic acids is 1. The topological polar surface area (TPSA) is 55.8 Å². The number of aliphatic hydroxyl groups is 1. The summed E-state index contributed by atoms with van der Waals surface area (Å²) in [5.74, 6) is 0.408. The van der Waals surface area contributed by atoms with Gasteiger partial charge in [-0.15, -0.1) is 0 Å². The highest BCUT2D eigenvalue weighted by Gasteiger charge is 2.15. The minimum absolute atomic E-state index is 0.0121. The zero-order valence-electron chi connectivity index (χ0n) is 11.1. The molecule has 1 N–H and O–H groups in total. The summed E-state index contributed by atoms with van der Waals surface area (Å²) in [5, 5.41) is 8.88. The number of hydrogen-bond donors (Lipinski definition) is 1. The van der Waals surface area contributed by atoms with Gasteiger partial charge in [0.25, 0.3) is 0 Å². The lowest BCUT2D eigenvalue weighted by atomic mass is 10.2. The first-order valence-electron chi connectivity index (χ1n) is 5.95. The van der Waals surface area contributed by atoms with Crippen LogP contribution in [0, 0.1) is 0 Å². The van der Waals surface area contributed by atoms with E-state index in [0.29, 0.717) is 5.75 Å². The Bertz CT molecular complexity index is 376. The van der Waals surface area contributed by atoms with Gasteiger partial charge in [0.2, 0.25) is 0 Å². The highest BCUT2D eigenvalue weighted by Crippen LogP contribution is 2.13. The fourth-order valence-electron chi connectivity index (χ4n) is 1.34. The van der Waals surface area contributed by atoms with Crippen molar-refractivity contribution in [1.82, 2.24) is 0 Å². The third kappa shape index (κ3) is 5.68. The van der Waals surface area contributed by atoms with Crippen molar-refractivity contribution in [2.24, 2.45) is 0 Å². The number of ether oxygens (including phenoxy) is 2. The molecule has 18 heavy (non-hydrogen) atoms. The summed E-state index contributed by atoms with van der Waals surface area (Å²) in [7, 11) is 0. The molecule has 0 saturated carbocycles. The van der Waals surface area contributed by atoms with Crippen LogP contribution in [0.5, 0.6) is 5.75 Å². The van der Waals surface area contributed by atoms with Crippen molar-refractivity contribution in [2.45, 2.75) is 39.4 Å². The molecular weight excluding hydrogens is 232 g/mol. The van der Waals surface area contributed by atoms with Crippen molar-refractivity contribution in [2.75, 3.05) is 6.61 Å². The van der Waals surface area contributed by atoms with Gasteiger partial charge in [0, 0.05) is 0 Å². The van der Waals surface area contributed by atoms with Crippen molar-refractivity contribution in [3.63, 3.8) is 0 Å². The molecule has 4 nitrogen and oxygen atoms in total. The second-order valence-electron chi connectivity index (χ2n) is 4.99. The lowest BCUT2D eigenvalue weighted by Crippen LogP contribution is -2.24. The number of aliphatic hydroxyl groups excluding tert-OH is 1. The Hall–Kier alpha value is -1.55. The van der Waals surface area contributed by atoms with Crippen LogP contribution < -0.4 is 4.74 Å².